The van der Waals surface area contributed by atoms with Gasteiger partial charge in [0, 0.05) is 32.5 Å². The van der Waals surface area contributed by atoms with E-state index in [1.807, 2.05) is 12.1 Å². The monoisotopic (exact) mass is 309 g/mol. The molecule has 0 bridgehead atoms. The van der Waals surface area contributed by atoms with Crippen molar-refractivity contribution in [2.45, 2.75) is 12.6 Å². The normalized spacial score (nSPS) is 19.3. The fourth-order valence-electron chi connectivity index (χ4n) is 3.04. The summed E-state index contributed by atoms with van der Waals surface area (Å²) < 4.78 is 8.02. The van der Waals surface area contributed by atoms with Crippen LogP contribution in [0.3, 0.4) is 0 Å². The first-order chi connectivity index (χ1) is 11.3. The van der Waals surface area contributed by atoms with Crippen molar-refractivity contribution in [1.29, 1.82) is 0 Å². The van der Waals surface area contributed by atoms with Crippen molar-refractivity contribution >= 4 is 11.0 Å². The third-order valence-corrected chi connectivity index (χ3v) is 4.31. The maximum absolute atomic E-state index is 5.85. The zero-order valence-corrected chi connectivity index (χ0v) is 13.1. The summed E-state index contributed by atoms with van der Waals surface area (Å²) in [5.41, 5.74) is 3.10. The van der Waals surface area contributed by atoms with Gasteiger partial charge in [-0.25, -0.2) is 4.98 Å². The number of aryl methyl sites for hydroxylation is 1. The molecule has 1 saturated heterocycles. The Morgan fingerprint density at radius 2 is 2.17 bits per heavy atom. The number of benzene rings is 1. The lowest BCUT2D eigenvalue weighted by molar-refractivity contribution is -0.0360. The van der Waals surface area contributed by atoms with E-state index in [-0.39, 0.29) is 6.10 Å². The van der Waals surface area contributed by atoms with Gasteiger partial charge < -0.3 is 9.30 Å². The minimum atomic E-state index is -0.0212. The van der Waals surface area contributed by atoms with Gasteiger partial charge in [0.05, 0.1) is 36.1 Å². The predicted molar refractivity (Wildman–Crippen MR) is 86.7 cm³/mol. The van der Waals surface area contributed by atoms with E-state index in [1.165, 1.54) is 5.52 Å². The predicted octanol–water partition coefficient (Wildman–Crippen LogP) is 1.94. The average Bonchev–Trinajstić information content (AvgIpc) is 2.92. The minimum Gasteiger partial charge on any atom is -0.369 e. The number of rotatable bonds is 3. The van der Waals surface area contributed by atoms with E-state index < -0.39 is 0 Å². The Hall–Kier alpha value is -2.31. The molecule has 4 rings (SSSR count). The molecule has 1 aliphatic heterocycles. The molecule has 6 nitrogen and oxygen atoms in total. The standard InChI is InChI=1S/C17H19N5O/c1-21-15-5-3-2-4-13(15)20-17(21)12-22-8-9-23-16(11-22)14-10-18-6-7-19-14/h2-7,10,16H,8-9,11-12H2,1H3/t16-/m0/s1. The second-order valence-electron chi connectivity index (χ2n) is 5.80. The molecule has 0 N–H and O–H groups in total. The van der Waals surface area contributed by atoms with Crippen LogP contribution in [0.25, 0.3) is 11.0 Å². The maximum atomic E-state index is 5.85. The molecule has 1 atom stereocenters. The van der Waals surface area contributed by atoms with Gasteiger partial charge in [0.1, 0.15) is 11.9 Å². The highest BCUT2D eigenvalue weighted by molar-refractivity contribution is 5.75. The molecule has 1 fully saturated rings. The molecule has 1 aromatic carbocycles. The molecule has 0 aliphatic carbocycles. The summed E-state index contributed by atoms with van der Waals surface area (Å²) in [5, 5.41) is 0. The Labute approximate surface area is 134 Å². The van der Waals surface area contributed by atoms with Crippen LogP contribution in [0.2, 0.25) is 0 Å². The minimum absolute atomic E-state index is 0.0212. The molecular formula is C17H19N5O. The molecule has 0 radical (unpaired) electrons. The summed E-state index contributed by atoms with van der Waals surface area (Å²) in [4.78, 5) is 15.6. The van der Waals surface area contributed by atoms with Gasteiger partial charge in [-0.1, -0.05) is 12.1 Å². The summed E-state index contributed by atoms with van der Waals surface area (Å²) in [6, 6.07) is 8.23. The smallest absolute Gasteiger partial charge is 0.123 e. The van der Waals surface area contributed by atoms with Crippen molar-refractivity contribution in [3.63, 3.8) is 0 Å². The van der Waals surface area contributed by atoms with E-state index in [0.29, 0.717) is 6.61 Å². The molecule has 0 saturated carbocycles. The Bertz CT molecular complexity index is 801. The SMILES string of the molecule is Cn1c(CN2CCO[C@H](c3cnccn3)C2)nc2ccccc21. The molecular weight excluding hydrogens is 290 g/mol. The van der Waals surface area contributed by atoms with E-state index in [1.54, 1.807) is 18.6 Å². The van der Waals surface area contributed by atoms with Gasteiger partial charge in [-0.3, -0.25) is 14.9 Å². The number of para-hydroxylation sites is 2. The maximum Gasteiger partial charge on any atom is 0.123 e. The van der Waals surface area contributed by atoms with E-state index >= 15 is 0 Å². The van der Waals surface area contributed by atoms with Gasteiger partial charge in [0.15, 0.2) is 0 Å². The second kappa shape index (κ2) is 6.06. The van der Waals surface area contributed by atoms with Crippen LogP contribution in [-0.4, -0.2) is 44.1 Å². The van der Waals surface area contributed by atoms with Gasteiger partial charge in [-0.05, 0) is 12.1 Å². The van der Waals surface area contributed by atoms with Gasteiger partial charge in [0.2, 0.25) is 0 Å². The number of hydrogen-bond acceptors (Lipinski definition) is 5. The van der Waals surface area contributed by atoms with Gasteiger partial charge in [-0.15, -0.1) is 0 Å². The van der Waals surface area contributed by atoms with Crippen molar-refractivity contribution in [2.75, 3.05) is 19.7 Å². The topological polar surface area (TPSA) is 56.1 Å². The molecule has 0 amide bonds. The van der Waals surface area contributed by atoms with E-state index in [2.05, 4.69) is 38.6 Å². The highest BCUT2D eigenvalue weighted by Gasteiger charge is 2.24. The third-order valence-electron chi connectivity index (χ3n) is 4.31. The van der Waals surface area contributed by atoms with Crippen molar-refractivity contribution < 1.29 is 4.74 Å². The highest BCUT2D eigenvalue weighted by Crippen LogP contribution is 2.22. The fraction of sp³-hybridized carbons (Fsp3) is 0.353. The molecule has 23 heavy (non-hydrogen) atoms. The first-order valence-electron chi connectivity index (χ1n) is 7.81. The molecule has 3 heterocycles. The Morgan fingerprint density at radius 1 is 1.26 bits per heavy atom. The quantitative estimate of drug-likeness (QED) is 0.740. The Kier molecular flexibility index (Phi) is 3.77. The number of nitrogens with zero attached hydrogens (tertiary/aromatic N) is 5. The fourth-order valence-corrected chi connectivity index (χ4v) is 3.04. The van der Waals surface area contributed by atoms with E-state index in [4.69, 9.17) is 9.72 Å². The Balaban J connectivity index is 1.53. The molecule has 118 valence electrons. The van der Waals surface area contributed by atoms with Crippen molar-refractivity contribution in [2.24, 2.45) is 7.05 Å². The van der Waals surface area contributed by atoms with Gasteiger partial charge in [0.25, 0.3) is 0 Å². The van der Waals surface area contributed by atoms with Crippen LogP contribution in [0.4, 0.5) is 0 Å². The number of aromatic nitrogens is 4. The lowest BCUT2D eigenvalue weighted by Crippen LogP contribution is -2.38. The first-order valence-corrected chi connectivity index (χ1v) is 7.81. The van der Waals surface area contributed by atoms with Crippen LogP contribution in [0.5, 0.6) is 0 Å². The number of imidazole rings is 1. The average molecular weight is 309 g/mol. The molecule has 1 aliphatic rings. The van der Waals surface area contributed by atoms with Crippen molar-refractivity contribution in [3.05, 3.63) is 54.4 Å². The van der Waals surface area contributed by atoms with Crippen molar-refractivity contribution in [1.82, 2.24) is 24.4 Å². The van der Waals surface area contributed by atoms with Crippen LogP contribution in [0.1, 0.15) is 17.6 Å². The number of morpholine rings is 1. The third kappa shape index (κ3) is 2.83. The molecule has 6 heteroatoms. The largest absolute Gasteiger partial charge is 0.369 e. The summed E-state index contributed by atoms with van der Waals surface area (Å²) in [6.07, 6.45) is 5.16. The number of fused-ring (bicyclic) bond motifs is 1. The van der Waals surface area contributed by atoms with Crippen LogP contribution in [-0.2, 0) is 18.3 Å². The summed E-state index contributed by atoms with van der Waals surface area (Å²) in [7, 11) is 2.07. The number of ether oxygens (including phenoxy) is 1. The lowest BCUT2D eigenvalue weighted by atomic mass is 10.2. The van der Waals surface area contributed by atoms with Gasteiger partial charge in [-0.2, -0.15) is 0 Å². The van der Waals surface area contributed by atoms with E-state index in [9.17, 15) is 0 Å². The van der Waals surface area contributed by atoms with Gasteiger partial charge >= 0.3 is 0 Å². The molecule has 0 unspecified atom stereocenters. The molecule has 3 aromatic rings. The van der Waals surface area contributed by atoms with Crippen LogP contribution < -0.4 is 0 Å². The Morgan fingerprint density at radius 3 is 3.00 bits per heavy atom. The summed E-state index contributed by atoms with van der Waals surface area (Å²) in [5.74, 6) is 1.07. The van der Waals surface area contributed by atoms with Crippen LogP contribution in [0, 0.1) is 0 Å². The summed E-state index contributed by atoms with van der Waals surface area (Å²) in [6.45, 7) is 3.22. The van der Waals surface area contributed by atoms with Crippen LogP contribution >= 0.6 is 0 Å². The first kappa shape index (κ1) is 14.3. The second-order valence-corrected chi connectivity index (χ2v) is 5.80. The summed E-state index contributed by atoms with van der Waals surface area (Å²) >= 11 is 0. The lowest BCUT2D eigenvalue weighted by Gasteiger charge is -2.32. The zero-order valence-electron chi connectivity index (χ0n) is 13.1. The van der Waals surface area contributed by atoms with Crippen LogP contribution in [0.15, 0.2) is 42.9 Å². The zero-order chi connectivity index (χ0) is 15.6. The highest BCUT2D eigenvalue weighted by atomic mass is 16.5. The number of hydrogen-bond donors (Lipinski definition) is 0. The van der Waals surface area contributed by atoms with E-state index in [0.717, 1.165) is 36.7 Å². The molecule has 0 spiro atoms. The van der Waals surface area contributed by atoms with Crippen molar-refractivity contribution in [3.8, 4) is 0 Å². The molecule has 2 aromatic heterocycles.